The summed E-state index contributed by atoms with van der Waals surface area (Å²) in [6.45, 7) is 6.22. The molecule has 0 rings (SSSR count). The highest BCUT2D eigenvalue weighted by molar-refractivity contribution is 5.75. The molecule has 0 amide bonds. The van der Waals surface area contributed by atoms with E-state index in [1.807, 2.05) is 0 Å². The molecule has 0 fully saturated rings. The van der Waals surface area contributed by atoms with Gasteiger partial charge in [-0.1, -0.05) is 13.8 Å². The monoisotopic (exact) mass is 246 g/mol. The maximum atomic E-state index is 11.3. The van der Waals surface area contributed by atoms with Crippen molar-refractivity contribution in [2.45, 2.75) is 38.8 Å². The molecule has 0 aliphatic heterocycles. The van der Waals surface area contributed by atoms with Gasteiger partial charge in [-0.25, -0.2) is 0 Å². The van der Waals surface area contributed by atoms with Gasteiger partial charge < -0.3 is 15.2 Å². The molecule has 17 heavy (non-hydrogen) atoms. The van der Waals surface area contributed by atoms with Crippen LogP contribution in [-0.2, 0) is 14.3 Å². The standard InChI is InChI=1S/C12H26N2O3/c1-5-10(6-2)14(7-8-16-3)9-11(13)12(15)17-4/h10-11H,5-9,13H2,1-4H3. The first-order valence-corrected chi connectivity index (χ1v) is 6.17. The van der Waals surface area contributed by atoms with Crippen LogP contribution in [0.1, 0.15) is 26.7 Å². The first-order chi connectivity index (χ1) is 8.10. The average molecular weight is 246 g/mol. The van der Waals surface area contributed by atoms with Crippen LogP contribution in [0.15, 0.2) is 0 Å². The topological polar surface area (TPSA) is 64.8 Å². The van der Waals surface area contributed by atoms with Crippen molar-refractivity contribution >= 4 is 5.97 Å². The lowest BCUT2D eigenvalue weighted by atomic mass is 10.1. The highest BCUT2D eigenvalue weighted by Crippen LogP contribution is 2.09. The van der Waals surface area contributed by atoms with Crippen LogP contribution in [0.2, 0.25) is 0 Å². The second kappa shape index (κ2) is 9.39. The molecule has 0 spiro atoms. The van der Waals surface area contributed by atoms with Gasteiger partial charge in [0.2, 0.25) is 0 Å². The number of esters is 1. The SMILES string of the molecule is CCC(CC)N(CCOC)CC(N)C(=O)OC. The van der Waals surface area contributed by atoms with E-state index in [0.717, 1.165) is 19.4 Å². The summed E-state index contributed by atoms with van der Waals surface area (Å²) in [4.78, 5) is 13.5. The smallest absolute Gasteiger partial charge is 0.323 e. The minimum absolute atomic E-state index is 0.363. The average Bonchev–Trinajstić information content (AvgIpc) is 2.35. The number of rotatable bonds is 9. The van der Waals surface area contributed by atoms with Gasteiger partial charge in [0.25, 0.3) is 0 Å². The van der Waals surface area contributed by atoms with Crippen molar-refractivity contribution in [2.75, 3.05) is 33.9 Å². The van der Waals surface area contributed by atoms with Crippen LogP contribution in [0.5, 0.6) is 0 Å². The Hall–Kier alpha value is -0.650. The van der Waals surface area contributed by atoms with Crippen LogP contribution in [0.4, 0.5) is 0 Å². The number of carbonyl (C=O) groups is 1. The fraction of sp³-hybridized carbons (Fsp3) is 0.917. The molecule has 0 saturated heterocycles. The number of hydrogen-bond acceptors (Lipinski definition) is 5. The lowest BCUT2D eigenvalue weighted by Crippen LogP contribution is -2.48. The summed E-state index contributed by atoms with van der Waals surface area (Å²) < 4.78 is 9.72. The van der Waals surface area contributed by atoms with Gasteiger partial charge in [-0.15, -0.1) is 0 Å². The van der Waals surface area contributed by atoms with E-state index in [-0.39, 0.29) is 5.97 Å². The van der Waals surface area contributed by atoms with Crippen molar-refractivity contribution in [3.8, 4) is 0 Å². The zero-order chi connectivity index (χ0) is 13.3. The molecule has 0 heterocycles. The van der Waals surface area contributed by atoms with Gasteiger partial charge in [0.15, 0.2) is 0 Å². The van der Waals surface area contributed by atoms with Crippen molar-refractivity contribution in [1.29, 1.82) is 0 Å². The van der Waals surface area contributed by atoms with Gasteiger partial charge in [-0.3, -0.25) is 9.69 Å². The number of nitrogens with two attached hydrogens (primary N) is 1. The maximum absolute atomic E-state index is 11.3. The van der Waals surface area contributed by atoms with Gasteiger partial charge in [-0.05, 0) is 12.8 Å². The summed E-state index contributed by atoms with van der Waals surface area (Å²) in [6, 6.07) is -0.154. The highest BCUT2D eigenvalue weighted by atomic mass is 16.5. The van der Waals surface area contributed by atoms with E-state index in [1.54, 1.807) is 7.11 Å². The largest absolute Gasteiger partial charge is 0.468 e. The van der Waals surface area contributed by atoms with E-state index in [9.17, 15) is 4.79 Å². The molecule has 0 aromatic rings. The molecule has 0 bridgehead atoms. The molecule has 5 heteroatoms. The Morgan fingerprint density at radius 3 is 2.29 bits per heavy atom. The molecule has 0 aliphatic rings. The molecule has 0 aliphatic carbocycles. The first kappa shape index (κ1) is 16.4. The molecule has 0 aromatic heterocycles. The molecule has 0 radical (unpaired) electrons. The predicted molar refractivity (Wildman–Crippen MR) is 67.8 cm³/mol. The minimum atomic E-state index is -0.586. The Morgan fingerprint density at radius 2 is 1.88 bits per heavy atom. The Bertz CT molecular complexity index is 208. The van der Waals surface area contributed by atoms with E-state index >= 15 is 0 Å². The fourth-order valence-corrected chi connectivity index (χ4v) is 1.92. The molecule has 102 valence electrons. The number of nitrogens with zero attached hydrogens (tertiary/aromatic N) is 1. The van der Waals surface area contributed by atoms with Gasteiger partial charge in [0.05, 0.1) is 13.7 Å². The van der Waals surface area contributed by atoms with Crippen LogP contribution in [0.3, 0.4) is 0 Å². The number of hydrogen-bond donors (Lipinski definition) is 1. The summed E-state index contributed by atoms with van der Waals surface area (Å²) >= 11 is 0. The van der Waals surface area contributed by atoms with E-state index in [0.29, 0.717) is 19.2 Å². The zero-order valence-electron chi connectivity index (χ0n) is 11.4. The first-order valence-electron chi connectivity index (χ1n) is 6.17. The van der Waals surface area contributed by atoms with Gasteiger partial charge >= 0.3 is 5.97 Å². The molecule has 1 unspecified atom stereocenters. The normalized spacial score (nSPS) is 13.1. The number of ether oxygens (including phenoxy) is 2. The molecular formula is C12H26N2O3. The second-order valence-electron chi connectivity index (χ2n) is 4.09. The molecule has 2 N–H and O–H groups in total. The number of methoxy groups -OCH3 is 2. The summed E-state index contributed by atoms with van der Waals surface area (Å²) in [6.07, 6.45) is 2.07. The third-order valence-electron chi connectivity index (χ3n) is 2.98. The minimum Gasteiger partial charge on any atom is -0.468 e. The van der Waals surface area contributed by atoms with Crippen LogP contribution < -0.4 is 5.73 Å². The van der Waals surface area contributed by atoms with Crippen molar-refractivity contribution < 1.29 is 14.3 Å². The van der Waals surface area contributed by atoms with Crippen LogP contribution in [0.25, 0.3) is 0 Å². The highest BCUT2D eigenvalue weighted by Gasteiger charge is 2.22. The predicted octanol–water partition coefficient (Wildman–Crippen LogP) is 0.624. The van der Waals surface area contributed by atoms with Crippen molar-refractivity contribution in [3.63, 3.8) is 0 Å². The summed E-state index contributed by atoms with van der Waals surface area (Å²) in [7, 11) is 3.03. The second-order valence-corrected chi connectivity index (χ2v) is 4.09. The number of carbonyl (C=O) groups excluding carboxylic acids is 1. The van der Waals surface area contributed by atoms with Crippen LogP contribution in [0, 0.1) is 0 Å². The van der Waals surface area contributed by atoms with E-state index < -0.39 is 6.04 Å². The lowest BCUT2D eigenvalue weighted by molar-refractivity contribution is -0.142. The van der Waals surface area contributed by atoms with Crippen LogP contribution >= 0.6 is 0 Å². The van der Waals surface area contributed by atoms with Gasteiger partial charge in [0.1, 0.15) is 6.04 Å². The van der Waals surface area contributed by atoms with Crippen molar-refractivity contribution in [3.05, 3.63) is 0 Å². The quantitative estimate of drug-likeness (QED) is 0.604. The van der Waals surface area contributed by atoms with E-state index in [2.05, 4.69) is 23.5 Å². The molecule has 5 nitrogen and oxygen atoms in total. The van der Waals surface area contributed by atoms with E-state index in [4.69, 9.17) is 10.5 Å². The van der Waals surface area contributed by atoms with Gasteiger partial charge in [-0.2, -0.15) is 0 Å². The van der Waals surface area contributed by atoms with Gasteiger partial charge in [0, 0.05) is 26.2 Å². The Balaban J connectivity index is 4.40. The molecule has 0 saturated carbocycles. The molecular weight excluding hydrogens is 220 g/mol. The summed E-state index contributed by atoms with van der Waals surface area (Å²) in [5, 5.41) is 0. The van der Waals surface area contributed by atoms with Crippen LogP contribution in [-0.4, -0.2) is 56.9 Å². The lowest BCUT2D eigenvalue weighted by Gasteiger charge is -2.31. The fourth-order valence-electron chi connectivity index (χ4n) is 1.92. The third-order valence-corrected chi connectivity index (χ3v) is 2.98. The van der Waals surface area contributed by atoms with Crippen molar-refractivity contribution in [1.82, 2.24) is 4.90 Å². The summed E-state index contributed by atoms with van der Waals surface area (Å²) in [5.74, 6) is -0.363. The third kappa shape index (κ3) is 6.00. The Kier molecular flexibility index (Phi) is 9.03. The van der Waals surface area contributed by atoms with Crippen molar-refractivity contribution in [2.24, 2.45) is 5.73 Å². The zero-order valence-corrected chi connectivity index (χ0v) is 11.4. The molecule has 0 aromatic carbocycles. The maximum Gasteiger partial charge on any atom is 0.323 e. The Labute approximate surface area is 104 Å². The summed E-state index contributed by atoms with van der Waals surface area (Å²) in [5.41, 5.74) is 5.79. The Morgan fingerprint density at radius 1 is 1.29 bits per heavy atom. The van der Waals surface area contributed by atoms with E-state index in [1.165, 1.54) is 7.11 Å². The molecule has 1 atom stereocenters.